The Labute approximate surface area is 131 Å². The summed E-state index contributed by atoms with van der Waals surface area (Å²) in [6.45, 7) is 8.94. The first kappa shape index (κ1) is 19.4. The molecule has 0 aromatic carbocycles. The third-order valence-electron chi connectivity index (χ3n) is 2.65. The van der Waals surface area contributed by atoms with Gasteiger partial charge in [-0.15, -0.1) is 0 Å². The molecule has 0 amide bonds. The Bertz CT molecular complexity index is 471. The number of nitrogens with zero attached hydrogens (tertiary/aromatic N) is 2. The second-order valence-electron chi connectivity index (χ2n) is 4.08. The van der Waals surface area contributed by atoms with Gasteiger partial charge in [-0.25, -0.2) is 9.59 Å². The predicted molar refractivity (Wildman–Crippen MR) is 82.5 cm³/mol. The lowest BCUT2D eigenvalue weighted by Gasteiger charge is -2.14. The topological polar surface area (TPSA) is 79.6 Å². The molecule has 6 nitrogen and oxygen atoms in total. The normalized spacial score (nSPS) is 10.9. The number of hydrogen-bond acceptors (Lipinski definition) is 6. The number of allylic oxidation sites excluding steroid dienone is 2. The molecule has 0 aliphatic heterocycles. The first-order chi connectivity index (χ1) is 10.6. The Morgan fingerprint density at radius 1 is 1.23 bits per heavy atom. The van der Waals surface area contributed by atoms with Gasteiger partial charge in [0.2, 0.25) is 0 Å². The molecule has 0 N–H and O–H groups in total. The molecular weight excluding hydrogens is 284 g/mol. The van der Waals surface area contributed by atoms with Gasteiger partial charge in [0.1, 0.15) is 24.9 Å². The van der Waals surface area contributed by atoms with Crippen LogP contribution in [0.2, 0.25) is 0 Å². The Kier molecular flexibility index (Phi) is 10.8. The standard InChI is InChI=1S/C16H22N2O4/c1-4-15(19)21-11-12-22-16(20)14(13-17)9-7-8-10-18(5-2)6-3/h4,8-10H,1,5-7,11-12H2,2-3H3. The van der Waals surface area contributed by atoms with Gasteiger partial charge in [-0.05, 0) is 26.5 Å². The molecule has 0 radical (unpaired) electrons. The van der Waals surface area contributed by atoms with Crippen molar-refractivity contribution in [2.75, 3.05) is 26.3 Å². The van der Waals surface area contributed by atoms with Gasteiger partial charge in [-0.2, -0.15) is 5.26 Å². The molecule has 0 bridgehead atoms. The number of ether oxygens (including phenoxy) is 2. The molecule has 0 atom stereocenters. The van der Waals surface area contributed by atoms with E-state index in [4.69, 9.17) is 10.00 Å². The summed E-state index contributed by atoms with van der Waals surface area (Å²) in [4.78, 5) is 24.5. The van der Waals surface area contributed by atoms with E-state index >= 15 is 0 Å². The van der Waals surface area contributed by atoms with Crippen molar-refractivity contribution < 1.29 is 19.1 Å². The van der Waals surface area contributed by atoms with Crippen LogP contribution in [0.1, 0.15) is 20.3 Å². The third-order valence-corrected chi connectivity index (χ3v) is 2.65. The molecule has 0 aromatic rings. The second kappa shape index (κ2) is 12.2. The molecule has 0 fully saturated rings. The van der Waals surface area contributed by atoms with Gasteiger partial charge in [0.15, 0.2) is 0 Å². The van der Waals surface area contributed by atoms with E-state index in [1.165, 1.54) is 6.08 Å². The maximum Gasteiger partial charge on any atom is 0.348 e. The molecule has 0 aliphatic carbocycles. The number of esters is 2. The summed E-state index contributed by atoms with van der Waals surface area (Å²) in [5, 5.41) is 8.93. The highest BCUT2D eigenvalue weighted by Gasteiger charge is 2.09. The summed E-state index contributed by atoms with van der Waals surface area (Å²) < 4.78 is 9.49. The molecule has 0 spiro atoms. The van der Waals surface area contributed by atoms with Crippen LogP contribution in [0.5, 0.6) is 0 Å². The Hall–Kier alpha value is -2.55. The molecule has 0 aromatic heterocycles. The number of carbonyl (C=O) groups is 2. The number of hydrogen-bond donors (Lipinski definition) is 0. The fourth-order valence-corrected chi connectivity index (χ4v) is 1.42. The van der Waals surface area contributed by atoms with Gasteiger partial charge in [0.05, 0.1) is 0 Å². The first-order valence-corrected chi connectivity index (χ1v) is 7.06. The van der Waals surface area contributed by atoms with E-state index in [0.717, 1.165) is 19.2 Å². The highest BCUT2D eigenvalue weighted by molar-refractivity contribution is 5.92. The summed E-state index contributed by atoms with van der Waals surface area (Å²) >= 11 is 0. The third kappa shape index (κ3) is 8.59. The van der Waals surface area contributed by atoms with Crippen LogP contribution in [0.3, 0.4) is 0 Å². The average molecular weight is 306 g/mol. The van der Waals surface area contributed by atoms with Crippen molar-refractivity contribution in [3.05, 3.63) is 36.6 Å². The van der Waals surface area contributed by atoms with E-state index in [2.05, 4.69) is 16.2 Å². The van der Waals surface area contributed by atoms with E-state index in [9.17, 15) is 9.59 Å². The summed E-state index contributed by atoms with van der Waals surface area (Å²) in [6.07, 6.45) is 6.76. The van der Waals surface area contributed by atoms with Crippen molar-refractivity contribution in [2.24, 2.45) is 0 Å². The summed E-state index contributed by atoms with van der Waals surface area (Å²) in [7, 11) is 0. The van der Waals surface area contributed by atoms with Gasteiger partial charge in [0.25, 0.3) is 0 Å². The lowest BCUT2D eigenvalue weighted by Crippen LogP contribution is -2.15. The van der Waals surface area contributed by atoms with Crippen LogP contribution in [-0.4, -0.2) is 43.1 Å². The SMILES string of the molecule is C=CC(=O)OCCOC(=O)C(C#N)=CCC=CN(CC)CC. The highest BCUT2D eigenvalue weighted by Crippen LogP contribution is 2.01. The summed E-state index contributed by atoms with van der Waals surface area (Å²) in [5.41, 5.74) is -0.0701. The molecule has 0 saturated carbocycles. The Balaban J connectivity index is 4.24. The number of carbonyl (C=O) groups excluding carboxylic acids is 2. The van der Waals surface area contributed by atoms with Gasteiger partial charge in [-0.1, -0.05) is 18.7 Å². The van der Waals surface area contributed by atoms with Crippen molar-refractivity contribution in [3.63, 3.8) is 0 Å². The van der Waals surface area contributed by atoms with E-state index < -0.39 is 11.9 Å². The minimum absolute atomic E-state index is 0.0701. The van der Waals surface area contributed by atoms with Crippen LogP contribution in [0, 0.1) is 11.3 Å². The largest absolute Gasteiger partial charge is 0.459 e. The van der Waals surface area contributed by atoms with Crippen molar-refractivity contribution in [1.82, 2.24) is 4.90 Å². The first-order valence-electron chi connectivity index (χ1n) is 7.06. The van der Waals surface area contributed by atoms with Gasteiger partial charge in [-0.3, -0.25) is 0 Å². The van der Waals surface area contributed by atoms with Crippen LogP contribution in [0.4, 0.5) is 0 Å². The average Bonchev–Trinajstić information content (AvgIpc) is 2.54. The molecule has 6 heteroatoms. The molecule has 0 heterocycles. The predicted octanol–water partition coefficient (Wildman–Crippen LogP) is 1.95. The number of rotatable bonds is 10. The zero-order valence-electron chi connectivity index (χ0n) is 13.1. The smallest absolute Gasteiger partial charge is 0.348 e. The molecule has 0 unspecified atom stereocenters. The number of nitriles is 1. The van der Waals surface area contributed by atoms with Gasteiger partial charge in [0, 0.05) is 19.2 Å². The highest BCUT2D eigenvalue weighted by atomic mass is 16.6. The minimum Gasteiger partial charge on any atom is -0.459 e. The van der Waals surface area contributed by atoms with E-state index in [1.807, 2.05) is 26.1 Å². The maximum absolute atomic E-state index is 11.6. The van der Waals surface area contributed by atoms with Gasteiger partial charge < -0.3 is 14.4 Å². The van der Waals surface area contributed by atoms with Gasteiger partial charge >= 0.3 is 11.9 Å². The van der Waals surface area contributed by atoms with Crippen LogP contribution in [0.15, 0.2) is 36.6 Å². The van der Waals surface area contributed by atoms with E-state index in [1.54, 1.807) is 6.07 Å². The van der Waals surface area contributed by atoms with Crippen LogP contribution in [-0.2, 0) is 19.1 Å². The molecule has 22 heavy (non-hydrogen) atoms. The fraction of sp³-hybridized carbons (Fsp3) is 0.438. The van der Waals surface area contributed by atoms with Crippen LogP contribution < -0.4 is 0 Å². The van der Waals surface area contributed by atoms with Crippen molar-refractivity contribution in [2.45, 2.75) is 20.3 Å². The molecule has 120 valence electrons. The molecule has 0 rings (SSSR count). The molecule has 0 aliphatic rings. The molecular formula is C16H22N2O4. The fourth-order valence-electron chi connectivity index (χ4n) is 1.42. The van der Waals surface area contributed by atoms with Crippen LogP contribution >= 0.6 is 0 Å². The van der Waals surface area contributed by atoms with Crippen molar-refractivity contribution in [1.29, 1.82) is 5.26 Å². The molecule has 0 saturated heterocycles. The van der Waals surface area contributed by atoms with E-state index in [-0.39, 0.29) is 18.8 Å². The van der Waals surface area contributed by atoms with E-state index in [0.29, 0.717) is 6.42 Å². The second-order valence-corrected chi connectivity index (χ2v) is 4.08. The summed E-state index contributed by atoms with van der Waals surface area (Å²) in [5.74, 6) is -1.32. The Morgan fingerprint density at radius 3 is 2.41 bits per heavy atom. The lowest BCUT2D eigenvalue weighted by molar-refractivity contribution is -0.146. The zero-order valence-corrected chi connectivity index (χ0v) is 13.1. The zero-order chi connectivity index (χ0) is 16.8. The quantitative estimate of drug-likeness (QED) is 0.266. The minimum atomic E-state index is -0.728. The van der Waals surface area contributed by atoms with Crippen LogP contribution in [0.25, 0.3) is 0 Å². The van der Waals surface area contributed by atoms with Crippen molar-refractivity contribution >= 4 is 11.9 Å². The Morgan fingerprint density at radius 2 is 1.86 bits per heavy atom. The monoisotopic (exact) mass is 306 g/mol. The maximum atomic E-state index is 11.6. The lowest BCUT2D eigenvalue weighted by atomic mass is 10.2. The van der Waals surface area contributed by atoms with Crippen molar-refractivity contribution in [3.8, 4) is 6.07 Å². The summed E-state index contributed by atoms with van der Waals surface area (Å²) in [6, 6.07) is 1.79.